The summed E-state index contributed by atoms with van der Waals surface area (Å²) in [5, 5.41) is 0. The van der Waals surface area contributed by atoms with Crippen LogP contribution in [0.1, 0.15) is 22.3 Å². The van der Waals surface area contributed by atoms with Crippen LogP contribution < -0.4 is 5.56 Å². The van der Waals surface area contributed by atoms with Crippen LogP contribution in [0.2, 0.25) is 0 Å². The van der Waals surface area contributed by atoms with E-state index in [9.17, 15) is 22.8 Å². The van der Waals surface area contributed by atoms with Crippen molar-refractivity contribution in [3.05, 3.63) is 69.1 Å². The molecule has 1 N–H and O–H groups in total. The summed E-state index contributed by atoms with van der Waals surface area (Å²) in [5.41, 5.74) is 1.16. The van der Waals surface area contributed by atoms with E-state index in [1.54, 1.807) is 11.1 Å². The first-order chi connectivity index (χ1) is 11.3. The molecule has 2 aromatic rings. The molecule has 0 saturated heterocycles. The van der Waals surface area contributed by atoms with Gasteiger partial charge in [0.05, 0.1) is 12.0 Å². The molecule has 1 aromatic heterocycles. The topological polar surface area (TPSA) is 53.2 Å². The van der Waals surface area contributed by atoms with E-state index in [1.165, 1.54) is 18.2 Å². The number of hydrogen-bond donors (Lipinski definition) is 1. The van der Waals surface area contributed by atoms with E-state index in [0.717, 1.165) is 23.3 Å². The van der Waals surface area contributed by atoms with Gasteiger partial charge in [0.1, 0.15) is 0 Å². The lowest BCUT2D eigenvalue weighted by atomic mass is 10.0. The number of amides is 1. The molecule has 0 radical (unpaired) electrons. The predicted molar refractivity (Wildman–Crippen MR) is 81.3 cm³/mol. The number of carbonyl (C=O) groups excluding carboxylic acids is 1. The van der Waals surface area contributed by atoms with Crippen molar-refractivity contribution >= 4 is 5.91 Å². The molecule has 0 bridgehead atoms. The van der Waals surface area contributed by atoms with Gasteiger partial charge in [0.25, 0.3) is 0 Å². The van der Waals surface area contributed by atoms with Gasteiger partial charge >= 0.3 is 6.18 Å². The van der Waals surface area contributed by atoms with Gasteiger partial charge in [0.2, 0.25) is 11.5 Å². The van der Waals surface area contributed by atoms with Crippen LogP contribution in [-0.2, 0) is 30.4 Å². The van der Waals surface area contributed by atoms with E-state index in [0.29, 0.717) is 25.1 Å². The van der Waals surface area contributed by atoms with Gasteiger partial charge in [0, 0.05) is 25.4 Å². The smallest absolute Gasteiger partial charge is 0.338 e. The number of pyridine rings is 1. The Hall–Kier alpha value is -2.57. The third kappa shape index (κ3) is 3.50. The Morgan fingerprint density at radius 2 is 2.00 bits per heavy atom. The first kappa shape index (κ1) is 16.3. The maximum Gasteiger partial charge on any atom is 0.416 e. The number of nitrogens with zero attached hydrogens (tertiary/aromatic N) is 1. The summed E-state index contributed by atoms with van der Waals surface area (Å²) in [6.45, 7) is 0.804. The third-order valence-electron chi connectivity index (χ3n) is 4.08. The zero-order valence-electron chi connectivity index (χ0n) is 12.7. The molecule has 126 valence electrons. The fraction of sp³-hybridized carbons (Fsp3) is 0.294. The number of H-pyrrole nitrogens is 1. The number of nitrogens with one attached hydrogen (secondary N) is 1. The van der Waals surface area contributed by atoms with E-state index in [-0.39, 0.29) is 17.9 Å². The molecule has 24 heavy (non-hydrogen) atoms. The second-order valence-corrected chi connectivity index (χ2v) is 5.79. The van der Waals surface area contributed by atoms with Crippen LogP contribution in [0.4, 0.5) is 13.2 Å². The van der Waals surface area contributed by atoms with Crippen LogP contribution in [0.25, 0.3) is 0 Å². The average molecular weight is 336 g/mol. The first-order valence-corrected chi connectivity index (χ1v) is 7.47. The van der Waals surface area contributed by atoms with Gasteiger partial charge in [-0.05, 0) is 29.2 Å². The summed E-state index contributed by atoms with van der Waals surface area (Å²) in [4.78, 5) is 27.8. The highest BCUT2D eigenvalue weighted by Crippen LogP contribution is 2.29. The Balaban J connectivity index is 1.72. The Bertz CT molecular complexity index is 827. The summed E-state index contributed by atoms with van der Waals surface area (Å²) >= 11 is 0. The fourth-order valence-corrected chi connectivity index (χ4v) is 2.82. The van der Waals surface area contributed by atoms with Crippen molar-refractivity contribution in [2.24, 2.45) is 0 Å². The van der Waals surface area contributed by atoms with Crippen molar-refractivity contribution in [3.8, 4) is 0 Å². The average Bonchev–Trinajstić information content (AvgIpc) is 2.53. The monoisotopic (exact) mass is 336 g/mol. The van der Waals surface area contributed by atoms with Gasteiger partial charge in [-0.3, -0.25) is 9.59 Å². The van der Waals surface area contributed by atoms with Crippen molar-refractivity contribution in [3.63, 3.8) is 0 Å². The number of halogens is 3. The molecule has 4 nitrogen and oxygen atoms in total. The molecule has 2 heterocycles. The summed E-state index contributed by atoms with van der Waals surface area (Å²) in [6.07, 6.45) is -2.35. The van der Waals surface area contributed by atoms with Crippen LogP contribution in [0.5, 0.6) is 0 Å². The molecule has 3 rings (SSSR count). The Labute approximate surface area is 135 Å². The van der Waals surface area contributed by atoms with Gasteiger partial charge < -0.3 is 9.88 Å². The van der Waals surface area contributed by atoms with Crippen molar-refractivity contribution < 1.29 is 18.0 Å². The number of aromatic nitrogens is 1. The number of rotatable bonds is 2. The minimum absolute atomic E-state index is 0.0807. The molecule has 0 aliphatic carbocycles. The molecule has 7 heteroatoms. The lowest BCUT2D eigenvalue weighted by Gasteiger charge is -2.28. The lowest BCUT2D eigenvalue weighted by Crippen LogP contribution is -2.37. The van der Waals surface area contributed by atoms with Crippen LogP contribution >= 0.6 is 0 Å². The van der Waals surface area contributed by atoms with Crippen LogP contribution in [0, 0.1) is 0 Å². The second-order valence-electron chi connectivity index (χ2n) is 5.79. The maximum atomic E-state index is 12.7. The summed E-state index contributed by atoms with van der Waals surface area (Å²) < 4.78 is 38.2. The van der Waals surface area contributed by atoms with E-state index < -0.39 is 11.7 Å². The van der Waals surface area contributed by atoms with E-state index in [4.69, 9.17) is 0 Å². The summed E-state index contributed by atoms with van der Waals surface area (Å²) in [7, 11) is 0. The number of hydrogen-bond acceptors (Lipinski definition) is 2. The first-order valence-electron chi connectivity index (χ1n) is 7.47. The van der Waals surface area contributed by atoms with Crippen molar-refractivity contribution in [1.82, 2.24) is 9.88 Å². The molecule has 1 aliphatic rings. The molecule has 1 amide bonds. The number of alkyl halides is 3. The Morgan fingerprint density at radius 3 is 2.75 bits per heavy atom. The highest BCUT2D eigenvalue weighted by molar-refractivity contribution is 5.79. The minimum atomic E-state index is -4.42. The zero-order chi connectivity index (χ0) is 17.3. The second kappa shape index (κ2) is 6.14. The molecular formula is C17H15F3N2O2. The summed E-state index contributed by atoms with van der Waals surface area (Å²) in [5.74, 6) is -0.230. The Kier molecular flexibility index (Phi) is 4.17. The van der Waals surface area contributed by atoms with Gasteiger partial charge in [-0.1, -0.05) is 18.2 Å². The number of aromatic amines is 1. The molecule has 0 spiro atoms. The van der Waals surface area contributed by atoms with Gasteiger partial charge in [0.15, 0.2) is 0 Å². The van der Waals surface area contributed by atoms with Crippen LogP contribution in [0.3, 0.4) is 0 Å². The normalized spacial score (nSPS) is 14.4. The van der Waals surface area contributed by atoms with Gasteiger partial charge in [-0.25, -0.2) is 0 Å². The SMILES string of the molecule is O=C(Cc1cccc(C(F)(F)F)c1)N1CCc2cc(=O)[nH]cc2C1. The highest BCUT2D eigenvalue weighted by Gasteiger charge is 2.30. The molecule has 0 unspecified atom stereocenters. The van der Waals surface area contributed by atoms with E-state index in [2.05, 4.69) is 4.98 Å². The number of carbonyl (C=O) groups is 1. The van der Waals surface area contributed by atoms with Crippen molar-refractivity contribution in [1.29, 1.82) is 0 Å². The quantitative estimate of drug-likeness (QED) is 0.916. The highest BCUT2D eigenvalue weighted by atomic mass is 19.4. The summed E-state index contributed by atoms with van der Waals surface area (Å²) in [6, 6.07) is 6.34. The standard InChI is InChI=1S/C17H15F3N2O2/c18-17(19,20)14-3-1-2-11(6-14)7-16(24)22-5-4-12-8-15(23)21-9-13(12)10-22/h1-3,6,8-9H,4-5,7,10H2,(H,21,23). The number of fused-ring (bicyclic) bond motifs is 1. The molecule has 1 aliphatic heterocycles. The predicted octanol–water partition coefficient (Wildman–Crippen LogP) is 2.52. The molecular weight excluding hydrogens is 321 g/mol. The zero-order valence-corrected chi connectivity index (χ0v) is 12.7. The largest absolute Gasteiger partial charge is 0.416 e. The fourth-order valence-electron chi connectivity index (χ4n) is 2.82. The number of benzene rings is 1. The Morgan fingerprint density at radius 1 is 1.21 bits per heavy atom. The van der Waals surface area contributed by atoms with E-state index in [1.807, 2.05) is 0 Å². The third-order valence-corrected chi connectivity index (χ3v) is 4.08. The van der Waals surface area contributed by atoms with Gasteiger partial charge in [-0.15, -0.1) is 0 Å². The van der Waals surface area contributed by atoms with Crippen molar-refractivity contribution in [2.45, 2.75) is 25.6 Å². The van der Waals surface area contributed by atoms with Crippen molar-refractivity contribution in [2.75, 3.05) is 6.54 Å². The van der Waals surface area contributed by atoms with Crippen LogP contribution in [0.15, 0.2) is 41.3 Å². The molecule has 0 atom stereocenters. The molecule has 0 saturated carbocycles. The lowest BCUT2D eigenvalue weighted by molar-refractivity contribution is -0.138. The minimum Gasteiger partial charge on any atom is -0.338 e. The molecule has 0 fully saturated rings. The molecule has 1 aromatic carbocycles. The maximum absolute atomic E-state index is 12.7. The van der Waals surface area contributed by atoms with Crippen LogP contribution in [-0.4, -0.2) is 22.3 Å². The van der Waals surface area contributed by atoms with Gasteiger partial charge in [-0.2, -0.15) is 13.2 Å². The van der Waals surface area contributed by atoms with E-state index >= 15 is 0 Å².